The van der Waals surface area contributed by atoms with Gasteiger partial charge in [-0.2, -0.15) is 0 Å². The lowest BCUT2D eigenvalue weighted by Gasteiger charge is -2.38. The fraction of sp³-hybridized carbons (Fsp3) is 0.458. The number of aromatic hydroxyl groups is 1. The number of hydrogen-bond donors (Lipinski definition) is 2. The molecule has 0 saturated heterocycles. The topological polar surface area (TPSA) is 111 Å². The minimum absolute atomic E-state index is 0.00473. The Morgan fingerprint density at radius 1 is 1.27 bits per heavy atom. The minimum Gasteiger partial charge on any atom is -0.503 e. The summed E-state index contributed by atoms with van der Waals surface area (Å²) in [7, 11) is 2.62. The molecule has 0 saturated carbocycles. The smallest absolute Gasteiger partial charge is 0.336 e. The molecule has 0 spiro atoms. The molecule has 9 heteroatoms. The van der Waals surface area contributed by atoms with Gasteiger partial charge in [0.1, 0.15) is 5.92 Å². The number of rotatable bonds is 6. The van der Waals surface area contributed by atoms with Gasteiger partial charge in [-0.3, -0.25) is 9.59 Å². The number of dihydropyridines is 1. The zero-order valence-corrected chi connectivity index (χ0v) is 20.0. The Morgan fingerprint density at radius 2 is 1.97 bits per heavy atom. The quantitative estimate of drug-likeness (QED) is 0.472. The maximum Gasteiger partial charge on any atom is 0.336 e. The summed E-state index contributed by atoms with van der Waals surface area (Å²) in [4.78, 5) is 39.2. The maximum atomic E-state index is 13.7. The first-order chi connectivity index (χ1) is 15.7. The van der Waals surface area contributed by atoms with Crippen molar-refractivity contribution >= 4 is 29.3 Å². The van der Waals surface area contributed by atoms with Crippen LogP contribution in [0.2, 0.25) is 5.02 Å². The molecule has 0 fully saturated rings. The summed E-state index contributed by atoms with van der Waals surface area (Å²) >= 11 is 6.25. The number of carbonyl (C=O) groups excluding carboxylic acids is 3. The summed E-state index contributed by atoms with van der Waals surface area (Å²) in [5, 5.41) is 13.4. The van der Waals surface area contributed by atoms with Crippen LogP contribution in [-0.2, 0) is 23.9 Å². The zero-order chi connectivity index (χ0) is 24.4. The van der Waals surface area contributed by atoms with E-state index in [1.54, 1.807) is 6.92 Å². The van der Waals surface area contributed by atoms with Gasteiger partial charge in [0.05, 0.1) is 31.4 Å². The molecule has 8 nitrogen and oxygen atoms in total. The van der Waals surface area contributed by atoms with Crippen LogP contribution in [0.15, 0.2) is 34.7 Å². The van der Waals surface area contributed by atoms with Crippen molar-refractivity contribution in [2.75, 3.05) is 20.8 Å². The van der Waals surface area contributed by atoms with Crippen LogP contribution < -0.4 is 10.1 Å². The monoisotopic (exact) mass is 477 g/mol. The highest BCUT2D eigenvalue weighted by molar-refractivity contribution is 6.32. The van der Waals surface area contributed by atoms with Gasteiger partial charge in [0, 0.05) is 22.9 Å². The number of ether oxygens (including phenoxy) is 3. The van der Waals surface area contributed by atoms with Crippen molar-refractivity contribution in [2.24, 2.45) is 11.8 Å². The summed E-state index contributed by atoms with van der Waals surface area (Å²) in [5.41, 5.74) is 2.14. The van der Waals surface area contributed by atoms with Crippen molar-refractivity contribution in [3.8, 4) is 11.5 Å². The molecule has 3 rings (SSSR count). The van der Waals surface area contributed by atoms with Crippen LogP contribution in [0, 0.1) is 11.8 Å². The highest BCUT2D eigenvalue weighted by Crippen LogP contribution is 2.48. The largest absolute Gasteiger partial charge is 0.503 e. The van der Waals surface area contributed by atoms with E-state index in [4.69, 9.17) is 25.8 Å². The average molecular weight is 478 g/mol. The van der Waals surface area contributed by atoms with Crippen molar-refractivity contribution in [3.63, 3.8) is 0 Å². The van der Waals surface area contributed by atoms with Crippen molar-refractivity contribution in [1.29, 1.82) is 0 Å². The Morgan fingerprint density at radius 3 is 2.58 bits per heavy atom. The predicted molar refractivity (Wildman–Crippen MR) is 121 cm³/mol. The van der Waals surface area contributed by atoms with E-state index in [-0.39, 0.29) is 40.2 Å². The third-order valence-electron chi connectivity index (χ3n) is 6.00. The second kappa shape index (κ2) is 9.87. The number of benzene rings is 1. The molecule has 0 unspecified atom stereocenters. The first-order valence-corrected chi connectivity index (χ1v) is 11.1. The van der Waals surface area contributed by atoms with E-state index < -0.39 is 29.6 Å². The lowest BCUT2D eigenvalue weighted by molar-refractivity contribution is -0.151. The molecule has 2 aliphatic rings. The number of methoxy groups -OCH3 is 2. The lowest BCUT2D eigenvalue weighted by atomic mass is 9.69. The van der Waals surface area contributed by atoms with Crippen molar-refractivity contribution in [2.45, 2.75) is 39.5 Å². The van der Waals surface area contributed by atoms with Gasteiger partial charge in [-0.05, 0) is 43.4 Å². The molecule has 3 atom stereocenters. The van der Waals surface area contributed by atoms with E-state index >= 15 is 0 Å². The molecule has 1 aliphatic carbocycles. The first kappa shape index (κ1) is 24.6. The van der Waals surface area contributed by atoms with Gasteiger partial charge >= 0.3 is 11.9 Å². The van der Waals surface area contributed by atoms with Crippen LogP contribution >= 0.6 is 11.6 Å². The number of carbonyl (C=O) groups is 3. The molecule has 0 aromatic heterocycles. The van der Waals surface area contributed by atoms with Crippen molar-refractivity contribution in [1.82, 2.24) is 5.32 Å². The van der Waals surface area contributed by atoms with E-state index in [1.165, 1.54) is 26.4 Å². The van der Waals surface area contributed by atoms with Crippen LogP contribution in [0.25, 0.3) is 0 Å². The fourth-order valence-electron chi connectivity index (χ4n) is 4.47. The summed E-state index contributed by atoms with van der Waals surface area (Å²) in [5.74, 6) is -3.95. The second-order valence-electron chi connectivity index (χ2n) is 8.22. The van der Waals surface area contributed by atoms with Crippen LogP contribution in [0.1, 0.15) is 45.1 Å². The Balaban J connectivity index is 2.24. The number of halogens is 1. The molecule has 0 bridgehead atoms. The van der Waals surface area contributed by atoms with E-state index in [9.17, 15) is 19.5 Å². The number of allylic oxidation sites excluding steroid dienone is 3. The summed E-state index contributed by atoms with van der Waals surface area (Å²) in [6.07, 6.45) is 1.04. The highest BCUT2D eigenvalue weighted by Gasteiger charge is 2.47. The Hall–Kier alpha value is -3.00. The number of hydrogen-bond acceptors (Lipinski definition) is 8. The SMILES string of the molecule is CCCOC(=O)C1=C(C)NC2=C(C(=O)[C@H](C(=O)OC)[C@@H](C)C2)[C@H]1c1cc(Cl)c(O)c(OC)c1. The third kappa shape index (κ3) is 4.44. The number of ketones is 1. The first-order valence-electron chi connectivity index (χ1n) is 10.7. The molecule has 2 N–H and O–H groups in total. The maximum absolute atomic E-state index is 13.7. The standard InChI is InChI=1S/C24H28ClNO7/c1-6-7-33-24(30)18-12(3)26-15-8-11(2)17(23(29)32-5)22(28)20(15)19(18)13-9-14(25)21(27)16(10-13)31-4/h9-11,17,19,26-27H,6-8H2,1-5H3/t11-,17+,19-/m0/s1. The summed E-state index contributed by atoms with van der Waals surface area (Å²) in [6.45, 7) is 5.64. The lowest BCUT2D eigenvalue weighted by Crippen LogP contribution is -2.43. The number of esters is 2. The molecule has 1 heterocycles. The number of phenols is 1. The number of nitrogens with one attached hydrogen (secondary N) is 1. The molecular formula is C24H28ClNO7. The van der Waals surface area contributed by atoms with Gasteiger partial charge in [-0.1, -0.05) is 25.4 Å². The minimum atomic E-state index is -1.00. The van der Waals surface area contributed by atoms with Gasteiger partial charge in [-0.15, -0.1) is 0 Å². The van der Waals surface area contributed by atoms with E-state index in [0.717, 1.165) is 0 Å². The molecule has 0 radical (unpaired) electrons. The molecule has 1 aromatic carbocycles. The normalized spacial score (nSPS) is 22.5. The summed E-state index contributed by atoms with van der Waals surface area (Å²) < 4.78 is 15.6. The van der Waals surface area contributed by atoms with Crippen LogP contribution in [0.5, 0.6) is 11.5 Å². The highest BCUT2D eigenvalue weighted by atomic mass is 35.5. The van der Waals surface area contributed by atoms with Crippen molar-refractivity contribution in [3.05, 3.63) is 45.3 Å². The van der Waals surface area contributed by atoms with Gasteiger partial charge in [-0.25, -0.2) is 4.79 Å². The fourth-order valence-corrected chi connectivity index (χ4v) is 4.69. The van der Waals surface area contributed by atoms with E-state index in [0.29, 0.717) is 29.8 Å². The predicted octanol–water partition coefficient (Wildman–Crippen LogP) is 3.62. The molecule has 1 aromatic rings. The molecule has 1 aliphatic heterocycles. The van der Waals surface area contributed by atoms with Crippen LogP contribution in [-0.4, -0.2) is 43.7 Å². The molecular weight excluding hydrogens is 450 g/mol. The zero-order valence-electron chi connectivity index (χ0n) is 19.3. The molecule has 33 heavy (non-hydrogen) atoms. The van der Waals surface area contributed by atoms with Gasteiger partial charge < -0.3 is 24.6 Å². The number of phenolic OH excluding ortho intramolecular Hbond substituents is 1. The number of Topliss-reactive ketones (excluding diaryl/α,β-unsaturated/α-hetero) is 1. The van der Waals surface area contributed by atoms with Gasteiger partial charge in [0.15, 0.2) is 17.3 Å². The Labute approximate surface area is 197 Å². The van der Waals surface area contributed by atoms with Crippen molar-refractivity contribution < 1.29 is 33.7 Å². The molecule has 178 valence electrons. The summed E-state index contributed by atoms with van der Waals surface area (Å²) in [6, 6.07) is 3.01. The van der Waals surface area contributed by atoms with Crippen LogP contribution in [0.4, 0.5) is 0 Å². The van der Waals surface area contributed by atoms with Gasteiger partial charge in [0.2, 0.25) is 0 Å². The second-order valence-corrected chi connectivity index (χ2v) is 8.63. The van der Waals surface area contributed by atoms with Crippen LogP contribution in [0.3, 0.4) is 0 Å². The Kier molecular flexibility index (Phi) is 7.37. The average Bonchev–Trinajstić information content (AvgIpc) is 2.77. The molecule has 0 amide bonds. The Bertz CT molecular complexity index is 1060. The van der Waals surface area contributed by atoms with E-state index in [2.05, 4.69) is 5.32 Å². The van der Waals surface area contributed by atoms with E-state index in [1.807, 2.05) is 13.8 Å². The third-order valence-corrected chi connectivity index (χ3v) is 6.29. The van der Waals surface area contributed by atoms with Gasteiger partial charge in [0.25, 0.3) is 0 Å².